The monoisotopic (exact) mass is 322 g/mol. The summed E-state index contributed by atoms with van der Waals surface area (Å²) in [6, 6.07) is 11.3. The van der Waals surface area contributed by atoms with Crippen LogP contribution in [0.3, 0.4) is 0 Å². The van der Waals surface area contributed by atoms with Crippen molar-refractivity contribution in [2.24, 2.45) is 0 Å². The van der Waals surface area contributed by atoms with Gasteiger partial charge in [0.25, 0.3) is 10.0 Å². The number of rotatable bonds is 3. The molecule has 0 spiro atoms. The van der Waals surface area contributed by atoms with Crippen molar-refractivity contribution in [3.63, 3.8) is 0 Å². The van der Waals surface area contributed by atoms with Gasteiger partial charge in [0.15, 0.2) is 0 Å². The van der Waals surface area contributed by atoms with Crippen LogP contribution in [-0.4, -0.2) is 27.5 Å². The van der Waals surface area contributed by atoms with Crippen molar-refractivity contribution < 1.29 is 8.42 Å². The Morgan fingerprint density at radius 2 is 1.90 bits per heavy atom. The molecule has 4 nitrogen and oxygen atoms in total. The van der Waals surface area contributed by atoms with Crippen LogP contribution >= 0.6 is 11.3 Å². The first kappa shape index (κ1) is 14.4. The van der Waals surface area contributed by atoms with Gasteiger partial charge in [-0.1, -0.05) is 18.2 Å². The molecular weight excluding hydrogens is 304 g/mol. The Morgan fingerprint density at radius 3 is 2.52 bits per heavy atom. The second-order valence-electron chi connectivity index (χ2n) is 5.09. The number of hydrogen-bond donors (Lipinski definition) is 0. The number of thiophene rings is 1. The van der Waals surface area contributed by atoms with E-state index in [0.29, 0.717) is 10.8 Å². The SMILES string of the molecule is CCN1c2ccccc2N(S(=O)(=O)c2cccs2)CC1C. The Morgan fingerprint density at radius 1 is 1.19 bits per heavy atom. The van der Waals surface area contributed by atoms with Crippen molar-refractivity contribution in [2.45, 2.75) is 24.1 Å². The summed E-state index contributed by atoms with van der Waals surface area (Å²) in [5.41, 5.74) is 1.75. The first-order valence-corrected chi connectivity index (χ1v) is 9.29. The van der Waals surface area contributed by atoms with Crippen LogP contribution in [0.5, 0.6) is 0 Å². The number of fused-ring (bicyclic) bond motifs is 1. The van der Waals surface area contributed by atoms with Gasteiger partial charge in [-0.2, -0.15) is 0 Å². The van der Waals surface area contributed by atoms with Crippen molar-refractivity contribution in [3.8, 4) is 0 Å². The second kappa shape index (κ2) is 5.35. The lowest BCUT2D eigenvalue weighted by Crippen LogP contribution is -2.49. The molecule has 21 heavy (non-hydrogen) atoms. The summed E-state index contributed by atoms with van der Waals surface area (Å²) in [4.78, 5) is 2.25. The zero-order chi connectivity index (χ0) is 15.0. The highest BCUT2D eigenvalue weighted by molar-refractivity contribution is 7.94. The summed E-state index contributed by atoms with van der Waals surface area (Å²) < 4.78 is 27.7. The lowest BCUT2D eigenvalue weighted by atomic mass is 10.1. The Bertz CT molecular complexity index is 726. The van der Waals surface area contributed by atoms with Crippen LogP contribution in [0.1, 0.15) is 13.8 Å². The van der Waals surface area contributed by atoms with E-state index in [1.807, 2.05) is 24.3 Å². The lowest BCUT2D eigenvalue weighted by molar-refractivity contribution is 0.576. The third-order valence-corrected chi connectivity index (χ3v) is 6.95. The molecular formula is C15H18N2O2S2. The van der Waals surface area contributed by atoms with Crippen LogP contribution in [0.2, 0.25) is 0 Å². The Hall–Kier alpha value is -1.53. The number of anilines is 2. The highest BCUT2D eigenvalue weighted by atomic mass is 32.2. The Kier molecular flexibility index (Phi) is 3.67. The van der Waals surface area contributed by atoms with Crippen LogP contribution in [0.25, 0.3) is 0 Å². The Balaban J connectivity index is 2.13. The van der Waals surface area contributed by atoms with Gasteiger partial charge in [-0.3, -0.25) is 4.31 Å². The fraction of sp³-hybridized carbons (Fsp3) is 0.333. The molecule has 2 heterocycles. The van der Waals surface area contributed by atoms with E-state index in [1.54, 1.807) is 21.8 Å². The maximum Gasteiger partial charge on any atom is 0.273 e. The second-order valence-corrected chi connectivity index (χ2v) is 8.13. The van der Waals surface area contributed by atoms with E-state index in [0.717, 1.165) is 17.9 Å². The van der Waals surface area contributed by atoms with Gasteiger partial charge in [0.1, 0.15) is 4.21 Å². The quantitative estimate of drug-likeness (QED) is 0.871. The average Bonchev–Trinajstić information content (AvgIpc) is 3.01. The molecule has 1 aromatic carbocycles. The van der Waals surface area contributed by atoms with Gasteiger partial charge in [0.05, 0.1) is 17.9 Å². The number of hydrogen-bond acceptors (Lipinski definition) is 4. The molecule has 3 rings (SSSR count). The van der Waals surface area contributed by atoms with Gasteiger partial charge >= 0.3 is 0 Å². The summed E-state index contributed by atoms with van der Waals surface area (Å²) in [5.74, 6) is 0. The number of para-hydroxylation sites is 2. The molecule has 2 aromatic rings. The van der Waals surface area contributed by atoms with E-state index in [1.165, 1.54) is 11.3 Å². The highest BCUT2D eigenvalue weighted by Crippen LogP contribution is 2.38. The summed E-state index contributed by atoms with van der Waals surface area (Å²) in [7, 11) is -3.47. The number of sulfonamides is 1. The average molecular weight is 322 g/mol. The summed E-state index contributed by atoms with van der Waals surface area (Å²) in [6.07, 6.45) is 0. The minimum absolute atomic E-state index is 0.152. The van der Waals surface area contributed by atoms with Gasteiger partial charge < -0.3 is 4.90 Å². The van der Waals surface area contributed by atoms with E-state index in [4.69, 9.17) is 0 Å². The van der Waals surface area contributed by atoms with Gasteiger partial charge in [0, 0.05) is 12.6 Å². The van der Waals surface area contributed by atoms with Crippen molar-refractivity contribution in [1.82, 2.24) is 0 Å². The molecule has 1 aliphatic rings. The minimum Gasteiger partial charge on any atom is -0.366 e. The predicted octanol–water partition coefficient (Wildman–Crippen LogP) is 3.17. The molecule has 0 saturated carbocycles. The molecule has 1 aromatic heterocycles. The molecule has 0 radical (unpaired) electrons. The number of nitrogens with zero attached hydrogens (tertiary/aromatic N) is 2. The van der Waals surface area contributed by atoms with Gasteiger partial charge in [-0.25, -0.2) is 8.42 Å². The first-order valence-electron chi connectivity index (χ1n) is 6.97. The van der Waals surface area contributed by atoms with Gasteiger partial charge in [0.2, 0.25) is 0 Å². The fourth-order valence-electron chi connectivity index (χ4n) is 2.82. The maximum atomic E-state index is 12.9. The molecule has 6 heteroatoms. The lowest BCUT2D eigenvalue weighted by Gasteiger charge is -2.42. The zero-order valence-electron chi connectivity index (χ0n) is 12.1. The maximum absolute atomic E-state index is 12.9. The molecule has 0 aliphatic carbocycles. The van der Waals surface area contributed by atoms with E-state index in [2.05, 4.69) is 18.7 Å². The molecule has 1 unspecified atom stereocenters. The Labute approximate surface area is 129 Å². The molecule has 0 saturated heterocycles. The van der Waals surface area contributed by atoms with Crippen molar-refractivity contribution >= 4 is 32.7 Å². The number of benzene rings is 1. The van der Waals surface area contributed by atoms with Gasteiger partial charge in [-0.05, 0) is 37.4 Å². The topological polar surface area (TPSA) is 40.6 Å². The minimum atomic E-state index is -3.47. The van der Waals surface area contributed by atoms with Crippen LogP contribution < -0.4 is 9.21 Å². The van der Waals surface area contributed by atoms with E-state index >= 15 is 0 Å². The standard InChI is InChI=1S/C15H18N2O2S2/c1-3-16-12(2)11-17(14-8-5-4-7-13(14)16)21(18,19)15-9-6-10-20-15/h4-10,12H,3,11H2,1-2H3. The third kappa shape index (κ3) is 2.32. The van der Waals surface area contributed by atoms with Crippen molar-refractivity contribution in [2.75, 3.05) is 22.3 Å². The third-order valence-electron chi connectivity index (χ3n) is 3.80. The molecule has 0 amide bonds. The smallest absolute Gasteiger partial charge is 0.273 e. The summed E-state index contributed by atoms with van der Waals surface area (Å²) in [5, 5.41) is 1.80. The van der Waals surface area contributed by atoms with E-state index in [9.17, 15) is 8.42 Å². The highest BCUT2D eigenvalue weighted by Gasteiger charge is 2.35. The fourth-order valence-corrected chi connectivity index (χ4v) is 5.49. The summed E-state index contributed by atoms with van der Waals surface area (Å²) >= 11 is 1.26. The van der Waals surface area contributed by atoms with Crippen LogP contribution in [0.4, 0.5) is 11.4 Å². The van der Waals surface area contributed by atoms with Crippen molar-refractivity contribution in [3.05, 3.63) is 41.8 Å². The molecule has 0 bridgehead atoms. The molecule has 0 N–H and O–H groups in total. The predicted molar refractivity (Wildman–Crippen MR) is 87.8 cm³/mol. The molecule has 1 atom stereocenters. The molecule has 112 valence electrons. The normalized spacial score (nSPS) is 18.7. The molecule has 0 fully saturated rings. The zero-order valence-corrected chi connectivity index (χ0v) is 13.7. The summed E-state index contributed by atoms with van der Waals surface area (Å²) in [6.45, 7) is 5.50. The van der Waals surface area contributed by atoms with Crippen LogP contribution in [0, 0.1) is 0 Å². The van der Waals surface area contributed by atoms with E-state index < -0.39 is 10.0 Å². The van der Waals surface area contributed by atoms with E-state index in [-0.39, 0.29) is 6.04 Å². The molecule has 1 aliphatic heterocycles. The largest absolute Gasteiger partial charge is 0.366 e. The first-order chi connectivity index (χ1) is 10.1. The van der Waals surface area contributed by atoms with Crippen molar-refractivity contribution in [1.29, 1.82) is 0 Å². The van der Waals surface area contributed by atoms with Crippen LogP contribution in [-0.2, 0) is 10.0 Å². The van der Waals surface area contributed by atoms with Gasteiger partial charge in [-0.15, -0.1) is 11.3 Å². The number of likely N-dealkylation sites (N-methyl/N-ethyl adjacent to an activating group) is 1. The van der Waals surface area contributed by atoms with Crippen LogP contribution in [0.15, 0.2) is 46.0 Å².